The second-order valence-corrected chi connectivity index (χ2v) is 15.3. The van der Waals surface area contributed by atoms with Gasteiger partial charge in [-0.2, -0.15) is 0 Å². The van der Waals surface area contributed by atoms with Crippen LogP contribution in [0.5, 0.6) is 0 Å². The van der Waals surface area contributed by atoms with Crippen LogP contribution in [-0.4, -0.2) is 43.8 Å². The average molecular weight is 707 g/mol. The first-order valence-electron chi connectivity index (χ1n) is 16.2. The van der Waals surface area contributed by atoms with Crippen LogP contribution in [0.1, 0.15) is 53.5 Å². The third-order valence-corrected chi connectivity index (χ3v) is 11.4. The molecule has 4 aromatic rings. The van der Waals surface area contributed by atoms with Crippen molar-refractivity contribution in [3.05, 3.63) is 129 Å². The zero-order chi connectivity index (χ0) is 34.4. The van der Waals surface area contributed by atoms with E-state index in [9.17, 15) is 18.0 Å². The summed E-state index contributed by atoms with van der Waals surface area (Å²) in [6, 6.07) is 25.4. The smallest absolute Gasteiger partial charge is 0.264 e. The summed E-state index contributed by atoms with van der Waals surface area (Å²) < 4.78 is 29.8. The maximum Gasteiger partial charge on any atom is 0.264 e. The molecule has 2 amide bonds. The second kappa shape index (κ2) is 15.6. The molecule has 0 bridgehead atoms. The third-order valence-electron chi connectivity index (χ3n) is 8.99. The summed E-state index contributed by atoms with van der Waals surface area (Å²) in [6.07, 6.45) is 4.02. The molecular formula is C38H41Cl2N3O4S. The summed E-state index contributed by atoms with van der Waals surface area (Å²) in [4.78, 5) is 30.4. The highest BCUT2D eigenvalue weighted by Crippen LogP contribution is 2.29. The number of rotatable bonds is 12. The van der Waals surface area contributed by atoms with Crippen molar-refractivity contribution in [2.45, 2.75) is 76.4 Å². The van der Waals surface area contributed by atoms with Gasteiger partial charge in [-0.05, 0) is 92.3 Å². The molecule has 1 aliphatic rings. The van der Waals surface area contributed by atoms with Crippen molar-refractivity contribution in [1.82, 2.24) is 10.2 Å². The first-order chi connectivity index (χ1) is 22.9. The molecule has 0 aromatic heterocycles. The van der Waals surface area contributed by atoms with Crippen molar-refractivity contribution in [3.8, 4) is 0 Å². The molecule has 7 nitrogen and oxygen atoms in total. The third kappa shape index (κ3) is 8.59. The SMILES string of the molecule is Cc1ccc(S(=O)(=O)N(CC(=O)N(Cc2ccc(Cl)cc2Cl)C(Cc2ccccc2)C(=O)NC2CCCC2)c2ccc(C)c(C)c2)cc1. The molecule has 0 spiro atoms. The van der Waals surface area contributed by atoms with Gasteiger partial charge in [0.25, 0.3) is 10.0 Å². The Morgan fingerprint density at radius 1 is 0.854 bits per heavy atom. The van der Waals surface area contributed by atoms with E-state index < -0.39 is 28.5 Å². The average Bonchev–Trinajstić information content (AvgIpc) is 3.57. The normalized spacial score (nSPS) is 14.0. The molecule has 0 saturated heterocycles. The van der Waals surface area contributed by atoms with E-state index in [2.05, 4.69) is 5.32 Å². The van der Waals surface area contributed by atoms with Crippen LogP contribution in [0.25, 0.3) is 0 Å². The van der Waals surface area contributed by atoms with Crippen molar-refractivity contribution >= 4 is 50.7 Å². The summed E-state index contributed by atoms with van der Waals surface area (Å²) in [5, 5.41) is 3.96. The number of hydrogen-bond acceptors (Lipinski definition) is 4. The van der Waals surface area contributed by atoms with Crippen LogP contribution < -0.4 is 9.62 Å². The Bertz CT molecular complexity index is 1860. The highest BCUT2D eigenvalue weighted by molar-refractivity contribution is 7.92. The van der Waals surface area contributed by atoms with Crippen molar-refractivity contribution in [2.75, 3.05) is 10.8 Å². The number of carbonyl (C=O) groups excluding carboxylic acids is 2. The Hall–Kier alpha value is -3.85. The zero-order valence-electron chi connectivity index (χ0n) is 27.5. The second-order valence-electron chi connectivity index (χ2n) is 12.5. The van der Waals surface area contributed by atoms with E-state index in [-0.39, 0.29) is 29.8 Å². The molecule has 10 heteroatoms. The number of benzene rings is 4. The molecule has 4 aromatic carbocycles. The summed E-state index contributed by atoms with van der Waals surface area (Å²) in [5.74, 6) is -0.833. The summed E-state index contributed by atoms with van der Waals surface area (Å²) in [6.45, 7) is 5.15. The Morgan fingerprint density at radius 2 is 1.54 bits per heavy atom. The quantitative estimate of drug-likeness (QED) is 0.163. The molecule has 1 fully saturated rings. The van der Waals surface area contributed by atoms with Gasteiger partial charge in [0.1, 0.15) is 12.6 Å². The van der Waals surface area contributed by atoms with Crippen LogP contribution in [0.3, 0.4) is 0 Å². The monoisotopic (exact) mass is 705 g/mol. The lowest BCUT2D eigenvalue weighted by Crippen LogP contribution is -2.54. The minimum absolute atomic E-state index is 0.0146. The van der Waals surface area contributed by atoms with Gasteiger partial charge in [0, 0.05) is 29.1 Å². The lowest BCUT2D eigenvalue weighted by atomic mass is 10.0. The molecule has 1 unspecified atom stereocenters. The number of sulfonamides is 1. The molecule has 0 heterocycles. The Kier molecular flexibility index (Phi) is 11.5. The van der Waals surface area contributed by atoms with Gasteiger partial charge in [-0.3, -0.25) is 13.9 Å². The molecule has 252 valence electrons. The highest BCUT2D eigenvalue weighted by atomic mass is 35.5. The van der Waals surface area contributed by atoms with Gasteiger partial charge in [0.15, 0.2) is 0 Å². The molecule has 5 rings (SSSR count). The number of nitrogens with one attached hydrogen (secondary N) is 1. The molecule has 0 radical (unpaired) electrons. The van der Waals surface area contributed by atoms with Crippen molar-refractivity contribution in [1.29, 1.82) is 0 Å². The maximum atomic E-state index is 14.7. The lowest BCUT2D eigenvalue weighted by Gasteiger charge is -2.34. The predicted molar refractivity (Wildman–Crippen MR) is 193 cm³/mol. The number of anilines is 1. The number of aryl methyl sites for hydroxylation is 3. The van der Waals surface area contributed by atoms with E-state index in [1.54, 1.807) is 54.6 Å². The summed E-state index contributed by atoms with van der Waals surface area (Å²) in [5.41, 5.74) is 4.58. The number of halogens is 2. The van der Waals surface area contributed by atoms with E-state index >= 15 is 0 Å². The van der Waals surface area contributed by atoms with Gasteiger partial charge in [-0.25, -0.2) is 8.42 Å². The van der Waals surface area contributed by atoms with Crippen LogP contribution in [0.4, 0.5) is 5.69 Å². The van der Waals surface area contributed by atoms with E-state index in [1.807, 2.05) is 57.2 Å². The summed E-state index contributed by atoms with van der Waals surface area (Å²) >= 11 is 12.8. The molecule has 0 aliphatic heterocycles. The maximum absolute atomic E-state index is 14.7. The molecule has 1 aliphatic carbocycles. The van der Waals surface area contributed by atoms with Gasteiger partial charge in [0.05, 0.1) is 10.6 Å². The number of nitrogens with zero attached hydrogens (tertiary/aromatic N) is 2. The van der Waals surface area contributed by atoms with E-state index in [0.29, 0.717) is 21.3 Å². The van der Waals surface area contributed by atoms with Crippen LogP contribution in [0.2, 0.25) is 10.0 Å². The Labute approximate surface area is 293 Å². The highest BCUT2D eigenvalue weighted by Gasteiger charge is 2.36. The minimum Gasteiger partial charge on any atom is -0.352 e. The standard InChI is InChI=1S/C38H41Cl2N3O4S/c1-26-13-19-34(20-14-26)48(46,47)43(33-18-15-27(2)28(3)21-33)25-37(44)42(24-30-16-17-31(39)23-35(30)40)36(22-29-9-5-4-6-10-29)38(45)41-32-11-7-8-12-32/h4-6,9-10,13-21,23,32,36H,7-8,11-12,22,24-25H2,1-3H3,(H,41,45). The van der Waals surface area contributed by atoms with Crippen molar-refractivity contribution in [3.63, 3.8) is 0 Å². The first-order valence-corrected chi connectivity index (χ1v) is 18.4. The molecular weight excluding hydrogens is 665 g/mol. The zero-order valence-corrected chi connectivity index (χ0v) is 29.8. The van der Waals surface area contributed by atoms with E-state index in [0.717, 1.165) is 52.2 Å². The Morgan fingerprint density at radius 3 is 2.19 bits per heavy atom. The molecule has 1 saturated carbocycles. The number of carbonyl (C=O) groups is 2. The molecule has 1 N–H and O–H groups in total. The molecule has 48 heavy (non-hydrogen) atoms. The lowest BCUT2D eigenvalue weighted by molar-refractivity contribution is -0.140. The van der Waals surface area contributed by atoms with Crippen molar-refractivity contribution < 1.29 is 18.0 Å². The van der Waals surface area contributed by atoms with Crippen LogP contribution in [-0.2, 0) is 32.6 Å². The largest absolute Gasteiger partial charge is 0.352 e. The predicted octanol–water partition coefficient (Wildman–Crippen LogP) is 7.81. The minimum atomic E-state index is -4.20. The van der Waals surface area contributed by atoms with Gasteiger partial charge in [-0.1, -0.05) is 96.2 Å². The van der Waals surface area contributed by atoms with Gasteiger partial charge >= 0.3 is 0 Å². The van der Waals surface area contributed by atoms with Gasteiger partial charge < -0.3 is 10.2 Å². The fourth-order valence-electron chi connectivity index (χ4n) is 6.00. The van der Waals surface area contributed by atoms with Gasteiger partial charge in [-0.15, -0.1) is 0 Å². The Balaban J connectivity index is 1.59. The molecule has 1 atom stereocenters. The van der Waals surface area contributed by atoms with E-state index in [1.165, 1.54) is 4.90 Å². The topological polar surface area (TPSA) is 86.8 Å². The van der Waals surface area contributed by atoms with Crippen LogP contribution in [0, 0.1) is 20.8 Å². The first kappa shape index (κ1) is 35.5. The fraction of sp³-hybridized carbons (Fsp3) is 0.316. The fourth-order valence-corrected chi connectivity index (χ4v) is 7.88. The van der Waals surface area contributed by atoms with Crippen molar-refractivity contribution in [2.24, 2.45) is 0 Å². The number of amides is 2. The van der Waals surface area contributed by atoms with Crippen LogP contribution in [0.15, 0.2) is 95.9 Å². The summed E-state index contributed by atoms with van der Waals surface area (Å²) in [7, 11) is -4.20. The van der Waals surface area contributed by atoms with Crippen LogP contribution >= 0.6 is 23.2 Å². The van der Waals surface area contributed by atoms with E-state index in [4.69, 9.17) is 23.2 Å². The number of hydrogen-bond donors (Lipinski definition) is 1. The van der Waals surface area contributed by atoms with Gasteiger partial charge in [0.2, 0.25) is 11.8 Å².